The van der Waals surface area contributed by atoms with Gasteiger partial charge in [0.1, 0.15) is 15.7 Å². The molecule has 0 saturated heterocycles. The van der Waals surface area contributed by atoms with Gasteiger partial charge in [0.25, 0.3) is 5.56 Å². The first-order valence-corrected chi connectivity index (χ1v) is 7.10. The van der Waals surface area contributed by atoms with Gasteiger partial charge in [0.15, 0.2) is 0 Å². The summed E-state index contributed by atoms with van der Waals surface area (Å²) >= 11 is 1.07. The Morgan fingerprint density at radius 2 is 2.19 bits per heavy atom. The van der Waals surface area contributed by atoms with Gasteiger partial charge in [-0.25, -0.2) is 14.6 Å². The van der Waals surface area contributed by atoms with Gasteiger partial charge in [0, 0.05) is 0 Å². The Bertz CT molecular complexity index is 777. The lowest BCUT2D eigenvalue weighted by Crippen LogP contribution is -2.28. The Hall–Kier alpha value is -2.22. The van der Waals surface area contributed by atoms with Crippen LogP contribution in [-0.2, 0) is 9.53 Å². The Labute approximate surface area is 123 Å². The number of carbonyl (C=O) groups excluding carboxylic acids is 1. The summed E-state index contributed by atoms with van der Waals surface area (Å²) in [6.07, 6.45) is 1.19. The van der Waals surface area contributed by atoms with E-state index in [4.69, 9.17) is 9.84 Å². The maximum Gasteiger partial charge on any atom is 0.348 e. The molecular weight excluding hydrogens is 296 g/mol. The number of carbonyl (C=O) groups is 2. The monoisotopic (exact) mass is 310 g/mol. The first-order valence-electron chi connectivity index (χ1n) is 6.28. The smallest absolute Gasteiger partial charge is 0.348 e. The fourth-order valence-electron chi connectivity index (χ4n) is 1.92. The molecule has 0 spiro atoms. The third-order valence-corrected chi connectivity index (χ3v) is 4.29. The Morgan fingerprint density at radius 3 is 2.76 bits per heavy atom. The van der Waals surface area contributed by atoms with Gasteiger partial charge in [0.2, 0.25) is 0 Å². The number of aliphatic carboxylic acids is 1. The minimum atomic E-state index is -1.13. The van der Waals surface area contributed by atoms with Gasteiger partial charge in [-0.1, -0.05) is 0 Å². The third kappa shape index (κ3) is 2.54. The zero-order valence-electron chi connectivity index (χ0n) is 11.7. The molecule has 2 heterocycles. The zero-order chi connectivity index (χ0) is 15.7. The average Bonchev–Trinajstić information content (AvgIpc) is 2.77. The van der Waals surface area contributed by atoms with Crippen molar-refractivity contribution in [2.45, 2.75) is 26.8 Å². The minimum absolute atomic E-state index is 0.236. The van der Waals surface area contributed by atoms with E-state index in [0.29, 0.717) is 15.3 Å². The number of ether oxygens (including phenoxy) is 1. The molecular formula is C13H14N2O5S. The van der Waals surface area contributed by atoms with Crippen LogP contribution in [0, 0.1) is 6.92 Å². The zero-order valence-corrected chi connectivity index (χ0v) is 12.6. The Balaban J connectivity index is 2.66. The fourth-order valence-corrected chi connectivity index (χ4v) is 2.96. The molecule has 0 aliphatic heterocycles. The van der Waals surface area contributed by atoms with Crippen molar-refractivity contribution in [3.63, 3.8) is 0 Å². The summed E-state index contributed by atoms with van der Waals surface area (Å²) in [7, 11) is 0. The second-order valence-corrected chi connectivity index (χ2v) is 5.43. The number of thiophene rings is 1. The standard InChI is InChI=1S/C13H14N2O5S/c1-4-20-13(19)9-6(2)8-10(21-9)14-5-15(11(8)16)7(3)12(17)18/h5,7H,4H2,1-3H3,(H,17,18). The largest absolute Gasteiger partial charge is 0.480 e. The van der Waals surface area contributed by atoms with E-state index in [1.807, 2.05) is 0 Å². The molecule has 0 fully saturated rings. The maximum atomic E-state index is 12.4. The highest BCUT2D eigenvalue weighted by Crippen LogP contribution is 2.27. The van der Waals surface area contributed by atoms with Crippen molar-refractivity contribution in [3.05, 3.63) is 27.1 Å². The van der Waals surface area contributed by atoms with Crippen molar-refractivity contribution < 1.29 is 19.4 Å². The van der Waals surface area contributed by atoms with E-state index in [-0.39, 0.29) is 12.0 Å². The lowest BCUT2D eigenvalue weighted by Gasteiger charge is -2.09. The van der Waals surface area contributed by atoms with Crippen LogP contribution in [0.1, 0.15) is 35.1 Å². The molecule has 8 heteroatoms. The van der Waals surface area contributed by atoms with Crippen LogP contribution in [-0.4, -0.2) is 33.2 Å². The molecule has 21 heavy (non-hydrogen) atoms. The maximum absolute atomic E-state index is 12.4. The average molecular weight is 310 g/mol. The van der Waals surface area contributed by atoms with Crippen LogP contribution in [0.5, 0.6) is 0 Å². The van der Waals surface area contributed by atoms with Crippen molar-refractivity contribution in [2.24, 2.45) is 0 Å². The second-order valence-electron chi connectivity index (χ2n) is 4.43. The number of carboxylic acid groups (broad SMARTS) is 1. The molecule has 0 aliphatic rings. The number of hydrogen-bond donors (Lipinski definition) is 1. The molecule has 0 saturated carbocycles. The lowest BCUT2D eigenvalue weighted by molar-refractivity contribution is -0.140. The van der Waals surface area contributed by atoms with Crippen LogP contribution in [0.3, 0.4) is 0 Å². The summed E-state index contributed by atoms with van der Waals surface area (Å²) in [6, 6.07) is -1.03. The van der Waals surface area contributed by atoms with Gasteiger partial charge in [0.05, 0.1) is 18.3 Å². The molecule has 7 nitrogen and oxygen atoms in total. The van der Waals surface area contributed by atoms with E-state index in [0.717, 1.165) is 15.9 Å². The summed E-state index contributed by atoms with van der Waals surface area (Å²) in [6.45, 7) is 4.95. The van der Waals surface area contributed by atoms with Crippen molar-refractivity contribution >= 4 is 33.5 Å². The first-order chi connectivity index (χ1) is 9.88. The number of aromatic nitrogens is 2. The number of esters is 1. The van der Waals surface area contributed by atoms with Crippen molar-refractivity contribution in [1.29, 1.82) is 0 Å². The van der Waals surface area contributed by atoms with Gasteiger partial charge >= 0.3 is 11.9 Å². The Morgan fingerprint density at radius 1 is 1.52 bits per heavy atom. The molecule has 0 aromatic carbocycles. The quantitative estimate of drug-likeness (QED) is 0.861. The van der Waals surface area contributed by atoms with Gasteiger partial charge in [-0.3, -0.25) is 9.36 Å². The third-order valence-electron chi connectivity index (χ3n) is 3.11. The highest BCUT2D eigenvalue weighted by molar-refractivity contribution is 7.20. The Kier molecular flexibility index (Phi) is 4.08. The number of aryl methyl sites for hydroxylation is 1. The summed E-state index contributed by atoms with van der Waals surface area (Å²) < 4.78 is 5.98. The highest BCUT2D eigenvalue weighted by Gasteiger charge is 2.22. The normalized spacial score (nSPS) is 12.3. The molecule has 1 unspecified atom stereocenters. The van der Waals surface area contributed by atoms with Crippen molar-refractivity contribution in [2.75, 3.05) is 6.61 Å². The van der Waals surface area contributed by atoms with Gasteiger partial charge in [-0.05, 0) is 26.3 Å². The molecule has 2 rings (SSSR count). The molecule has 112 valence electrons. The molecule has 0 amide bonds. The number of nitrogens with zero attached hydrogens (tertiary/aromatic N) is 2. The van der Waals surface area contributed by atoms with Crippen molar-refractivity contribution in [1.82, 2.24) is 9.55 Å². The summed E-state index contributed by atoms with van der Waals surface area (Å²) in [5.74, 6) is -1.63. The molecule has 2 aromatic heterocycles. The first kappa shape index (κ1) is 15.2. The number of fused-ring (bicyclic) bond motifs is 1. The van der Waals surface area contributed by atoms with E-state index in [1.165, 1.54) is 13.3 Å². The summed E-state index contributed by atoms with van der Waals surface area (Å²) in [5.41, 5.74) is -0.00270. The molecule has 0 radical (unpaired) electrons. The van der Waals surface area contributed by atoms with Crippen LogP contribution in [0.25, 0.3) is 10.2 Å². The van der Waals surface area contributed by atoms with E-state index < -0.39 is 23.5 Å². The second kappa shape index (κ2) is 5.65. The van der Waals surface area contributed by atoms with E-state index in [1.54, 1.807) is 13.8 Å². The van der Waals surface area contributed by atoms with Gasteiger partial charge < -0.3 is 9.84 Å². The lowest BCUT2D eigenvalue weighted by atomic mass is 10.2. The van der Waals surface area contributed by atoms with Crippen LogP contribution < -0.4 is 5.56 Å². The minimum Gasteiger partial charge on any atom is -0.480 e. The van der Waals surface area contributed by atoms with E-state index in [9.17, 15) is 14.4 Å². The molecule has 1 N–H and O–H groups in total. The highest BCUT2D eigenvalue weighted by atomic mass is 32.1. The topological polar surface area (TPSA) is 98.5 Å². The van der Waals surface area contributed by atoms with Gasteiger partial charge in [-0.15, -0.1) is 11.3 Å². The SMILES string of the molecule is CCOC(=O)c1sc2ncn(C(C)C(=O)O)c(=O)c2c1C. The van der Waals surface area contributed by atoms with Gasteiger partial charge in [-0.2, -0.15) is 0 Å². The molecule has 0 aliphatic carbocycles. The summed E-state index contributed by atoms with van der Waals surface area (Å²) in [5, 5.41) is 9.27. The van der Waals surface area contributed by atoms with Crippen molar-refractivity contribution in [3.8, 4) is 0 Å². The number of carboxylic acids is 1. The number of rotatable bonds is 4. The summed E-state index contributed by atoms with van der Waals surface area (Å²) in [4.78, 5) is 40.0. The van der Waals surface area contributed by atoms with Crippen LogP contribution in [0.2, 0.25) is 0 Å². The molecule has 1 atom stereocenters. The van der Waals surface area contributed by atoms with Crippen LogP contribution >= 0.6 is 11.3 Å². The van der Waals surface area contributed by atoms with Crippen LogP contribution in [0.15, 0.2) is 11.1 Å². The predicted octanol–water partition coefficient (Wildman–Crippen LogP) is 1.59. The van der Waals surface area contributed by atoms with E-state index in [2.05, 4.69) is 4.98 Å². The molecule has 0 bridgehead atoms. The fraction of sp³-hybridized carbons (Fsp3) is 0.385. The van der Waals surface area contributed by atoms with Crippen LogP contribution in [0.4, 0.5) is 0 Å². The predicted molar refractivity (Wildman–Crippen MR) is 76.9 cm³/mol. The van der Waals surface area contributed by atoms with E-state index >= 15 is 0 Å². The number of hydrogen-bond acceptors (Lipinski definition) is 6. The molecule has 2 aromatic rings.